The maximum absolute atomic E-state index is 13.8. The molecule has 1 aromatic rings. The fourth-order valence-corrected chi connectivity index (χ4v) is 2.30. The number of morpholine rings is 1. The minimum absolute atomic E-state index is 0.0237. The quantitative estimate of drug-likeness (QED) is 0.681. The number of carbonyl (C=O) groups is 1. The molecule has 1 unspecified atom stereocenters. The highest BCUT2D eigenvalue weighted by atomic mass is 79.9. The maximum Gasteiger partial charge on any atom is 0.167 e. The van der Waals surface area contributed by atoms with Gasteiger partial charge in [-0.15, -0.1) is 0 Å². The van der Waals surface area contributed by atoms with E-state index in [1.54, 1.807) is 6.07 Å². The Balaban J connectivity index is 2.11. The van der Waals surface area contributed by atoms with Crippen molar-refractivity contribution in [3.05, 3.63) is 33.0 Å². The Kier molecular flexibility index (Phi) is 4.72. The van der Waals surface area contributed by atoms with Gasteiger partial charge in [0, 0.05) is 23.5 Å². The van der Waals surface area contributed by atoms with Crippen molar-refractivity contribution < 1.29 is 13.9 Å². The van der Waals surface area contributed by atoms with E-state index in [-0.39, 0.29) is 28.8 Å². The van der Waals surface area contributed by atoms with Gasteiger partial charge in [0.1, 0.15) is 0 Å². The second kappa shape index (κ2) is 6.10. The number of hydrogen-bond acceptors (Lipinski definition) is 3. The lowest BCUT2D eigenvalue weighted by atomic mass is 10.0. The molecule has 2 rings (SSSR count). The van der Waals surface area contributed by atoms with Gasteiger partial charge < -0.3 is 10.1 Å². The number of Topliss-reactive ketones (excluding diaryl/α,β-unsaturated/α-hetero) is 1. The summed E-state index contributed by atoms with van der Waals surface area (Å²) in [5.74, 6) is -0.947. The molecule has 1 saturated heterocycles. The molecule has 18 heavy (non-hydrogen) atoms. The predicted molar refractivity (Wildman–Crippen MR) is 70.7 cm³/mol. The van der Waals surface area contributed by atoms with Crippen LogP contribution in [0.3, 0.4) is 0 Å². The first-order chi connectivity index (χ1) is 8.59. The molecule has 1 fully saturated rings. The van der Waals surface area contributed by atoms with E-state index >= 15 is 0 Å². The lowest BCUT2D eigenvalue weighted by Gasteiger charge is -2.23. The number of carbonyl (C=O) groups excluding carboxylic acids is 1. The van der Waals surface area contributed by atoms with Gasteiger partial charge in [-0.1, -0.05) is 11.6 Å². The molecule has 0 bridgehead atoms. The Labute approximate surface area is 118 Å². The van der Waals surface area contributed by atoms with E-state index in [1.165, 1.54) is 6.07 Å². The van der Waals surface area contributed by atoms with E-state index in [0.717, 1.165) is 0 Å². The van der Waals surface area contributed by atoms with Gasteiger partial charge in [0.15, 0.2) is 11.6 Å². The topological polar surface area (TPSA) is 38.3 Å². The van der Waals surface area contributed by atoms with Crippen molar-refractivity contribution in [1.82, 2.24) is 5.32 Å². The van der Waals surface area contributed by atoms with Gasteiger partial charge in [-0.25, -0.2) is 4.39 Å². The van der Waals surface area contributed by atoms with Crippen molar-refractivity contribution in [2.45, 2.75) is 12.5 Å². The highest BCUT2D eigenvalue weighted by Gasteiger charge is 2.21. The van der Waals surface area contributed by atoms with Gasteiger partial charge in [0.05, 0.1) is 23.8 Å². The molecule has 0 amide bonds. The van der Waals surface area contributed by atoms with Gasteiger partial charge in [0.2, 0.25) is 0 Å². The first-order valence-corrected chi connectivity index (χ1v) is 6.74. The molecule has 1 aromatic carbocycles. The van der Waals surface area contributed by atoms with Crippen LogP contribution < -0.4 is 5.32 Å². The van der Waals surface area contributed by atoms with Gasteiger partial charge in [-0.3, -0.25) is 4.79 Å². The third-order valence-electron chi connectivity index (χ3n) is 2.77. The van der Waals surface area contributed by atoms with E-state index in [4.69, 9.17) is 16.3 Å². The molecule has 98 valence electrons. The third kappa shape index (κ3) is 3.09. The van der Waals surface area contributed by atoms with Crippen molar-refractivity contribution in [3.63, 3.8) is 0 Å². The number of ether oxygens (including phenoxy) is 1. The molecule has 1 aliphatic heterocycles. The highest BCUT2D eigenvalue weighted by molar-refractivity contribution is 9.10. The summed E-state index contributed by atoms with van der Waals surface area (Å²) in [6.07, 6.45) is 0.203. The van der Waals surface area contributed by atoms with Gasteiger partial charge in [0.25, 0.3) is 0 Å². The van der Waals surface area contributed by atoms with E-state index < -0.39 is 5.82 Å². The highest BCUT2D eigenvalue weighted by Crippen LogP contribution is 2.28. The Morgan fingerprint density at radius 3 is 3.06 bits per heavy atom. The minimum atomic E-state index is -0.673. The summed E-state index contributed by atoms with van der Waals surface area (Å²) in [7, 11) is 0. The zero-order valence-electron chi connectivity index (χ0n) is 9.51. The molecule has 0 saturated carbocycles. The molecule has 1 atom stereocenters. The van der Waals surface area contributed by atoms with Crippen LogP contribution in [-0.2, 0) is 4.74 Å². The zero-order chi connectivity index (χ0) is 13.1. The average molecular weight is 337 g/mol. The smallest absolute Gasteiger partial charge is 0.167 e. The molecular formula is C12H12BrClFNO2. The van der Waals surface area contributed by atoms with Gasteiger partial charge in [-0.2, -0.15) is 0 Å². The van der Waals surface area contributed by atoms with Crippen LogP contribution in [0.15, 0.2) is 16.6 Å². The van der Waals surface area contributed by atoms with Crippen molar-refractivity contribution in [2.24, 2.45) is 0 Å². The number of rotatable bonds is 3. The lowest BCUT2D eigenvalue weighted by molar-refractivity contribution is 0.0674. The minimum Gasteiger partial charge on any atom is -0.378 e. The standard InChI is InChI=1S/C12H12BrClFNO2/c13-9-2-1-8(12(15)11(9)14)10(17)5-7-6-18-4-3-16-7/h1-2,7,16H,3-6H2. The molecule has 3 nitrogen and oxygen atoms in total. The molecular weight excluding hydrogens is 324 g/mol. The normalized spacial score (nSPS) is 19.8. The number of hydrogen-bond donors (Lipinski definition) is 1. The molecule has 0 spiro atoms. The van der Waals surface area contributed by atoms with E-state index in [9.17, 15) is 9.18 Å². The van der Waals surface area contributed by atoms with Crippen molar-refractivity contribution >= 4 is 33.3 Å². The summed E-state index contributed by atoms with van der Waals surface area (Å²) < 4.78 is 19.5. The summed E-state index contributed by atoms with van der Waals surface area (Å²) in [4.78, 5) is 12.0. The molecule has 1 heterocycles. The molecule has 0 aliphatic carbocycles. The van der Waals surface area contributed by atoms with Gasteiger partial charge in [-0.05, 0) is 28.1 Å². The fourth-order valence-electron chi connectivity index (χ4n) is 1.83. The molecule has 6 heteroatoms. The maximum atomic E-state index is 13.8. The lowest BCUT2D eigenvalue weighted by Crippen LogP contribution is -2.42. The largest absolute Gasteiger partial charge is 0.378 e. The molecule has 0 radical (unpaired) electrons. The first kappa shape index (κ1) is 13.9. The Bertz CT molecular complexity index is 464. The Morgan fingerprint density at radius 1 is 1.61 bits per heavy atom. The average Bonchev–Trinajstić information content (AvgIpc) is 2.37. The van der Waals surface area contributed by atoms with E-state index in [2.05, 4.69) is 21.2 Å². The van der Waals surface area contributed by atoms with Crippen LogP contribution in [0, 0.1) is 5.82 Å². The number of ketones is 1. The summed E-state index contributed by atoms with van der Waals surface area (Å²) in [5, 5.41) is 3.09. The summed E-state index contributed by atoms with van der Waals surface area (Å²) in [6, 6.07) is 2.95. The van der Waals surface area contributed by atoms with Crippen LogP contribution in [-0.4, -0.2) is 31.6 Å². The SMILES string of the molecule is O=C(CC1COCCN1)c1ccc(Br)c(Cl)c1F. The van der Waals surface area contributed by atoms with Crippen LogP contribution in [0.4, 0.5) is 4.39 Å². The second-order valence-corrected chi connectivity index (χ2v) is 5.31. The van der Waals surface area contributed by atoms with E-state index in [1.807, 2.05) is 0 Å². The Morgan fingerprint density at radius 2 is 2.39 bits per heavy atom. The van der Waals surface area contributed by atoms with Crippen LogP contribution in [0.2, 0.25) is 5.02 Å². The molecule has 1 aliphatic rings. The van der Waals surface area contributed by atoms with Crippen LogP contribution in [0.1, 0.15) is 16.8 Å². The fraction of sp³-hybridized carbons (Fsp3) is 0.417. The first-order valence-electron chi connectivity index (χ1n) is 5.57. The summed E-state index contributed by atoms with van der Waals surface area (Å²) in [5.41, 5.74) is 0.0237. The number of halogens is 3. The van der Waals surface area contributed by atoms with Crippen molar-refractivity contribution in [3.8, 4) is 0 Å². The Hall–Kier alpha value is -0.490. The van der Waals surface area contributed by atoms with Crippen LogP contribution in [0.5, 0.6) is 0 Å². The van der Waals surface area contributed by atoms with Crippen LogP contribution in [0.25, 0.3) is 0 Å². The number of nitrogens with one attached hydrogen (secondary N) is 1. The number of benzene rings is 1. The summed E-state index contributed by atoms with van der Waals surface area (Å²) in [6.45, 7) is 1.82. The van der Waals surface area contributed by atoms with Crippen LogP contribution >= 0.6 is 27.5 Å². The molecule has 1 N–H and O–H groups in total. The monoisotopic (exact) mass is 335 g/mol. The van der Waals surface area contributed by atoms with Crippen molar-refractivity contribution in [2.75, 3.05) is 19.8 Å². The third-order valence-corrected chi connectivity index (χ3v) is 4.02. The predicted octanol–water partition coefficient (Wildman–Crippen LogP) is 2.80. The van der Waals surface area contributed by atoms with E-state index in [0.29, 0.717) is 24.2 Å². The zero-order valence-corrected chi connectivity index (χ0v) is 11.9. The summed E-state index contributed by atoms with van der Waals surface area (Å²) >= 11 is 8.87. The van der Waals surface area contributed by atoms with Crippen molar-refractivity contribution in [1.29, 1.82) is 0 Å². The van der Waals surface area contributed by atoms with Gasteiger partial charge >= 0.3 is 0 Å². The molecule has 0 aromatic heterocycles. The second-order valence-electron chi connectivity index (χ2n) is 4.08.